The number of rotatable bonds is 3. The van der Waals surface area contributed by atoms with Gasteiger partial charge in [-0.25, -0.2) is 4.79 Å². The lowest BCUT2D eigenvalue weighted by molar-refractivity contribution is -0.136. The van der Waals surface area contributed by atoms with Gasteiger partial charge in [0.15, 0.2) is 0 Å². The maximum atomic E-state index is 11.1. The number of hydrogen-bond acceptors (Lipinski definition) is 1. The molecule has 0 heterocycles. The van der Waals surface area contributed by atoms with Crippen LogP contribution in [0.3, 0.4) is 0 Å². The minimum absolute atomic E-state index is 0.200. The zero-order valence-corrected chi connectivity index (χ0v) is 12.4. The van der Waals surface area contributed by atoms with Gasteiger partial charge in [-0.15, -0.1) is 0 Å². The fourth-order valence-corrected chi connectivity index (χ4v) is 6.34. The minimum Gasteiger partial charge on any atom is -0.478 e. The van der Waals surface area contributed by atoms with Gasteiger partial charge < -0.3 is 5.11 Å². The Morgan fingerprint density at radius 3 is 2.68 bits per heavy atom. The molecule has 0 aromatic heterocycles. The predicted octanol–water partition coefficient (Wildman–Crippen LogP) is 4.26. The monoisotopic (exact) mass is 262 g/mol. The SMILES string of the molecule is CCC1C2CC3CC(C)(C2)CC1(C(C)=CC(=O)O)C3. The largest absolute Gasteiger partial charge is 0.478 e. The lowest BCUT2D eigenvalue weighted by Gasteiger charge is -2.66. The van der Waals surface area contributed by atoms with Crippen molar-refractivity contribution in [2.45, 2.75) is 59.3 Å². The quantitative estimate of drug-likeness (QED) is 0.772. The first-order valence-electron chi connectivity index (χ1n) is 7.80. The summed E-state index contributed by atoms with van der Waals surface area (Å²) in [5.41, 5.74) is 1.82. The van der Waals surface area contributed by atoms with E-state index in [1.807, 2.05) is 0 Å². The van der Waals surface area contributed by atoms with Crippen molar-refractivity contribution >= 4 is 5.97 Å². The molecule has 2 nitrogen and oxygen atoms in total. The second-order valence-corrected chi connectivity index (χ2v) is 7.80. The van der Waals surface area contributed by atoms with Crippen molar-refractivity contribution in [1.82, 2.24) is 0 Å². The summed E-state index contributed by atoms with van der Waals surface area (Å²) in [5.74, 6) is 1.63. The number of carboxylic acid groups (broad SMARTS) is 1. The van der Waals surface area contributed by atoms with Crippen LogP contribution in [0.4, 0.5) is 0 Å². The molecule has 19 heavy (non-hydrogen) atoms. The summed E-state index contributed by atoms with van der Waals surface area (Å²) in [6.07, 6.45) is 9.33. The highest BCUT2D eigenvalue weighted by Gasteiger charge is 2.60. The van der Waals surface area contributed by atoms with Gasteiger partial charge in [0.05, 0.1) is 0 Å². The van der Waals surface area contributed by atoms with Crippen LogP contribution in [0.1, 0.15) is 59.3 Å². The Labute approximate surface area is 116 Å². The molecular weight excluding hydrogens is 236 g/mol. The average Bonchev–Trinajstić information content (AvgIpc) is 2.25. The molecule has 0 aromatic carbocycles. The molecule has 0 radical (unpaired) electrons. The van der Waals surface area contributed by atoms with Crippen LogP contribution < -0.4 is 0 Å². The number of carboxylic acids is 1. The van der Waals surface area contributed by atoms with Crippen molar-refractivity contribution in [1.29, 1.82) is 0 Å². The first kappa shape index (κ1) is 13.2. The second-order valence-electron chi connectivity index (χ2n) is 7.80. The lowest BCUT2D eigenvalue weighted by atomic mass is 9.39. The molecule has 0 aliphatic heterocycles. The molecule has 4 rings (SSSR count). The average molecular weight is 262 g/mol. The summed E-state index contributed by atoms with van der Waals surface area (Å²) in [6.45, 7) is 6.82. The van der Waals surface area contributed by atoms with E-state index in [4.69, 9.17) is 5.11 Å². The van der Waals surface area contributed by atoms with Crippen molar-refractivity contribution in [2.24, 2.45) is 28.6 Å². The molecule has 4 aliphatic carbocycles. The van der Waals surface area contributed by atoms with E-state index < -0.39 is 5.97 Å². The highest BCUT2D eigenvalue weighted by Crippen LogP contribution is 2.70. The van der Waals surface area contributed by atoms with Crippen LogP contribution in [-0.2, 0) is 4.79 Å². The number of hydrogen-bond donors (Lipinski definition) is 1. The van der Waals surface area contributed by atoms with Crippen molar-refractivity contribution in [3.05, 3.63) is 11.6 Å². The fraction of sp³-hybridized carbons (Fsp3) is 0.824. The Morgan fingerprint density at radius 2 is 2.11 bits per heavy atom. The van der Waals surface area contributed by atoms with Crippen LogP contribution in [0.15, 0.2) is 11.6 Å². The smallest absolute Gasteiger partial charge is 0.328 e. The molecule has 106 valence electrons. The van der Waals surface area contributed by atoms with Gasteiger partial charge in [-0.05, 0) is 67.6 Å². The highest BCUT2D eigenvalue weighted by molar-refractivity contribution is 5.80. The third kappa shape index (κ3) is 1.86. The van der Waals surface area contributed by atoms with Gasteiger partial charge in [-0.2, -0.15) is 0 Å². The van der Waals surface area contributed by atoms with E-state index in [0.717, 1.165) is 17.4 Å². The predicted molar refractivity (Wildman–Crippen MR) is 75.8 cm³/mol. The van der Waals surface area contributed by atoms with Gasteiger partial charge in [-0.3, -0.25) is 0 Å². The minimum atomic E-state index is -0.770. The Hall–Kier alpha value is -0.790. The summed E-state index contributed by atoms with van der Waals surface area (Å²) < 4.78 is 0. The Kier molecular flexibility index (Phi) is 2.85. The number of carbonyl (C=O) groups is 1. The van der Waals surface area contributed by atoms with Gasteiger partial charge in [0, 0.05) is 6.08 Å². The summed E-state index contributed by atoms with van der Waals surface area (Å²) in [5, 5.41) is 9.13. The van der Waals surface area contributed by atoms with Crippen molar-refractivity contribution in [3.63, 3.8) is 0 Å². The Morgan fingerprint density at radius 1 is 1.37 bits per heavy atom. The van der Waals surface area contributed by atoms with Crippen molar-refractivity contribution < 1.29 is 9.90 Å². The third-order valence-corrected chi connectivity index (χ3v) is 6.41. The Bertz CT molecular complexity index is 439. The summed E-state index contributed by atoms with van der Waals surface area (Å²) in [7, 11) is 0. The van der Waals surface area contributed by atoms with Crippen LogP contribution in [-0.4, -0.2) is 11.1 Å². The van der Waals surface area contributed by atoms with E-state index in [2.05, 4.69) is 20.8 Å². The molecule has 5 atom stereocenters. The normalized spacial score (nSPS) is 48.6. The van der Waals surface area contributed by atoms with Gasteiger partial charge in [0.2, 0.25) is 0 Å². The van der Waals surface area contributed by atoms with Gasteiger partial charge in [0.1, 0.15) is 0 Å². The summed E-state index contributed by atoms with van der Waals surface area (Å²) in [4.78, 5) is 11.1. The molecule has 4 saturated carbocycles. The maximum Gasteiger partial charge on any atom is 0.328 e. The van der Waals surface area contributed by atoms with E-state index >= 15 is 0 Å². The number of aliphatic carboxylic acids is 1. The molecule has 5 unspecified atom stereocenters. The molecule has 0 aromatic rings. The highest BCUT2D eigenvalue weighted by atomic mass is 16.4. The first-order valence-corrected chi connectivity index (χ1v) is 7.80. The molecule has 4 aliphatic rings. The molecule has 0 spiro atoms. The molecule has 0 saturated heterocycles. The summed E-state index contributed by atoms with van der Waals surface area (Å²) in [6, 6.07) is 0. The fourth-order valence-electron chi connectivity index (χ4n) is 6.34. The van der Waals surface area contributed by atoms with Crippen LogP contribution in [0.5, 0.6) is 0 Å². The van der Waals surface area contributed by atoms with E-state index in [1.165, 1.54) is 44.6 Å². The van der Waals surface area contributed by atoms with Crippen LogP contribution in [0.2, 0.25) is 0 Å². The molecule has 2 heteroatoms. The maximum absolute atomic E-state index is 11.1. The first-order chi connectivity index (χ1) is 8.88. The van der Waals surface area contributed by atoms with Crippen LogP contribution in [0, 0.1) is 28.6 Å². The second kappa shape index (κ2) is 4.10. The third-order valence-electron chi connectivity index (χ3n) is 6.41. The topological polar surface area (TPSA) is 37.3 Å². The van der Waals surface area contributed by atoms with E-state index in [-0.39, 0.29) is 5.41 Å². The zero-order valence-electron chi connectivity index (χ0n) is 12.4. The molecule has 4 fully saturated rings. The zero-order chi connectivity index (χ0) is 13.8. The molecule has 4 bridgehead atoms. The van der Waals surface area contributed by atoms with E-state index in [1.54, 1.807) is 0 Å². The standard InChI is InChI=1S/C17H26O2/c1-4-14-13-6-12-7-16(3,9-13)10-17(14,8-12)11(2)5-15(18)19/h5,12-14H,4,6-10H2,1-3H3,(H,18,19). The van der Waals surface area contributed by atoms with Gasteiger partial charge in [0.25, 0.3) is 0 Å². The van der Waals surface area contributed by atoms with Crippen LogP contribution in [0.25, 0.3) is 0 Å². The lowest BCUT2D eigenvalue weighted by Crippen LogP contribution is -2.56. The van der Waals surface area contributed by atoms with E-state index in [9.17, 15) is 4.79 Å². The molecule has 0 amide bonds. The Balaban J connectivity index is 2.04. The number of allylic oxidation sites excluding steroid dienone is 1. The van der Waals surface area contributed by atoms with Gasteiger partial charge >= 0.3 is 5.97 Å². The molecular formula is C17H26O2. The van der Waals surface area contributed by atoms with Crippen LogP contribution >= 0.6 is 0 Å². The van der Waals surface area contributed by atoms with Gasteiger partial charge in [-0.1, -0.05) is 25.8 Å². The summed E-state index contributed by atoms with van der Waals surface area (Å²) >= 11 is 0. The van der Waals surface area contributed by atoms with E-state index in [0.29, 0.717) is 11.3 Å². The molecule has 1 N–H and O–H groups in total. The van der Waals surface area contributed by atoms with Crippen molar-refractivity contribution in [3.8, 4) is 0 Å². The van der Waals surface area contributed by atoms with Crippen molar-refractivity contribution in [2.75, 3.05) is 0 Å².